The fourth-order valence-corrected chi connectivity index (χ4v) is 3.56. The van der Waals surface area contributed by atoms with Gasteiger partial charge >= 0.3 is 0 Å². The third-order valence-electron chi connectivity index (χ3n) is 5.19. The van der Waals surface area contributed by atoms with Crippen molar-refractivity contribution in [3.63, 3.8) is 0 Å². The van der Waals surface area contributed by atoms with Crippen molar-refractivity contribution < 1.29 is 9.84 Å². The minimum absolute atomic E-state index is 0. The molecule has 1 saturated heterocycles. The van der Waals surface area contributed by atoms with E-state index in [1.54, 1.807) is 13.2 Å². The fourth-order valence-electron chi connectivity index (χ4n) is 3.56. The second kappa shape index (κ2) is 11.9. The summed E-state index contributed by atoms with van der Waals surface area (Å²) in [4.78, 5) is 7.15. The monoisotopic (exact) mass is 524 g/mol. The number of guanidine groups is 1. The number of nitrogens with one attached hydrogen (secondary N) is 2. The highest BCUT2D eigenvalue weighted by molar-refractivity contribution is 14.0. The smallest absolute Gasteiger partial charge is 0.191 e. The van der Waals surface area contributed by atoms with Gasteiger partial charge in [-0.1, -0.05) is 23.8 Å². The van der Waals surface area contributed by atoms with Crippen LogP contribution in [0.3, 0.4) is 0 Å². The van der Waals surface area contributed by atoms with Crippen molar-refractivity contribution in [3.05, 3.63) is 53.6 Å². The van der Waals surface area contributed by atoms with Crippen molar-refractivity contribution in [3.8, 4) is 11.5 Å². The number of halogens is 1. The van der Waals surface area contributed by atoms with Crippen LogP contribution in [0.5, 0.6) is 11.5 Å². The molecule has 1 unspecified atom stereocenters. The van der Waals surface area contributed by atoms with E-state index in [4.69, 9.17) is 9.73 Å². The number of hydrogen-bond donors (Lipinski definition) is 3. The summed E-state index contributed by atoms with van der Waals surface area (Å²) >= 11 is 0. The number of aryl methyl sites for hydroxylation is 1. The third kappa shape index (κ3) is 6.68. The topological polar surface area (TPSA) is 69.1 Å². The van der Waals surface area contributed by atoms with Gasteiger partial charge in [0.15, 0.2) is 17.5 Å². The Kier molecular flexibility index (Phi) is 9.55. The first-order valence-corrected chi connectivity index (χ1v) is 10.3. The van der Waals surface area contributed by atoms with Crippen LogP contribution in [-0.2, 0) is 6.42 Å². The van der Waals surface area contributed by atoms with Gasteiger partial charge in [0, 0.05) is 37.9 Å². The molecule has 0 radical (unpaired) electrons. The maximum Gasteiger partial charge on any atom is 0.191 e. The van der Waals surface area contributed by atoms with E-state index in [2.05, 4.69) is 53.6 Å². The molecule has 0 saturated carbocycles. The summed E-state index contributed by atoms with van der Waals surface area (Å²) < 4.78 is 5.18. The van der Waals surface area contributed by atoms with Gasteiger partial charge in [0.2, 0.25) is 0 Å². The number of nitrogens with zero attached hydrogens (tertiary/aromatic N) is 2. The van der Waals surface area contributed by atoms with E-state index in [-0.39, 0.29) is 29.7 Å². The van der Waals surface area contributed by atoms with E-state index < -0.39 is 0 Å². The number of rotatable bonds is 7. The van der Waals surface area contributed by atoms with E-state index in [0.717, 1.165) is 44.0 Å². The lowest BCUT2D eigenvalue weighted by Gasteiger charge is -2.20. The van der Waals surface area contributed by atoms with Crippen LogP contribution in [-0.4, -0.2) is 50.4 Å². The number of phenolic OH excluding ortho intramolecular Hbond substituents is 1. The van der Waals surface area contributed by atoms with Gasteiger partial charge in [-0.05, 0) is 56.5 Å². The molecule has 164 valence electrons. The van der Waals surface area contributed by atoms with Crippen LogP contribution in [0.2, 0.25) is 0 Å². The van der Waals surface area contributed by atoms with Gasteiger partial charge in [0.25, 0.3) is 0 Å². The number of anilines is 1. The average molecular weight is 524 g/mol. The Hall–Kier alpha value is -2.16. The second-order valence-corrected chi connectivity index (χ2v) is 7.43. The number of aliphatic imine (C=N–C) groups is 1. The minimum atomic E-state index is 0. The van der Waals surface area contributed by atoms with Crippen LogP contribution in [0.1, 0.15) is 24.5 Å². The van der Waals surface area contributed by atoms with Gasteiger partial charge in [0.05, 0.1) is 7.11 Å². The number of phenols is 1. The van der Waals surface area contributed by atoms with Crippen molar-refractivity contribution in [1.82, 2.24) is 10.6 Å². The molecule has 1 aliphatic heterocycles. The molecule has 0 amide bonds. The Bertz CT molecular complexity index is 826. The van der Waals surface area contributed by atoms with Crippen LogP contribution in [0, 0.1) is 6.92 Å². The van der Waals surface area contributed by atoms with Crippen LogP contribution >= 0.6 is 24.0 Å². The SMILES string of the molecule is CCNC(=NCCc1ccc(O)c(OC)c1)NC1CCN(c2ccc(C)cc2)C1.I. The summed E-state index contributed by atoms with van der Waals surface area (Å²) in [5, 5.41) is 16.6. The number of benzene rings is 2. The molecule has 3 rings (SSSR count). The summed E-state index contributed by atoms with van der Waals surface area (Å²) in [6, 6.07) is 14.5. The summed E-state index contributed by atoms with van der Waals surface area (Å²) in [7, 11) is 1.56. The summed E-state index contributed by atoms with van der Waals surface area (Å²) in [5.74, 6) is 1.52. The van der Waals surface area contributed by atoms with Crippen LogP contribution in [0.4, 0.5) is 5.69 Å². The predicted octanol–water partition coefficient (Wildman–Crippen LogP) is 3.70. The van der Waals surface area contributed by atoms with E-state index in [0.29, 0.717) is 18.3 Å². The lowest BCUT2D eigenvalue weighted by atomic mass is 10.1. The first-order valence-electron chi connectivity index (χ1n) is 10.3. The highest BCUT2D eigenvalue weighted by atomic mass is 127. The Morgan fingerprint density at radius 1 is 1.23 bits per heavy atom. The highest BCUT2D eigenvalue weighted by Gasteiger charge is 2.23. The van der Waals surface area contributed by atoms with Crippen LogP contribution < -0.4 is 20.3 Å². The van der Waals surface area contributed by atoms with Gasteiger partial charge < -0.3 is 25.4 Å². The molecule has 0 spiro atoms. The fraction of sp³-hybridized carbons (Fsp3) is 0.435. The summed E-state index contributed by atoms with van der Waals surface area (Å²) in [6.45, 7) is 7.71. The Balaban J connectivity index is 0.00000320. The molecule has 30 heavy (non-hydrogen) atoms. The first kappa shape index (κ1) is 24.1. The molecule has 0 aliphatic carbocycles. The standard InChI is InChI=1S/C23H32N4O2.HI/c1-4-24-23(25-13-11-18-7-10-21(28)22(15-18)29-3)26-19-12-14-27(16-19)20-8-5-17(2)6-9-20;/h5-10,15,19,28H,4,11-14,16H2,1-3H3,(H2,24,25,26);1H. The molecule has 0 bridgehead atoms. The zero-order chi connectivity index (χ0) is 20.6. The van der Waals surface area contributed by atoms with Crippen LogP contribution in [0.25, 0.3) is 0 Å². The van der Waals surface area contributed by atoms with Crippen molar-refractivity contribution in [1.29, 1.82) is 0 Å². The molecule has 1 atom stereocenters. The van der Waals surface area contributed by atoms with Gasteiger partial charge in [-0.3, -0.25) is 4.99 Å². The first-order chi connectivity index (χ1) is 14.1. The quantitative estimate of drug-likeness (QED) is 0.293. The molecular formula is C23H33IN4O2. The molecule has 1 fully saturated rings. The van der Waals surface area contributed by atoms with Crippen LogP contribution in [0.15, 0.2) is 47.5 Å². The van der Waals surface area contributed by atoms with Crippen molar-refractivity contribution >= 4 is 35.6 Å². The van der Waals surface area contributed by atoms with Gasteiger partial charge in [-0.15, -0.1) is 24.0 Å². The van der Waals surface area contributed by atoms with Crippen molar-refractivity contribution in [2.45, 2.75) is 32.7 Å². The number of methoxy groups -OCH3 is 1. The van der Waals surface area contributed by atoms with Gasteiger partial charge in [-0.2, -0.15) is 0 Å². The molecule has 2 aromatic carbocycles. The predicted molar refractivity (Wildman–Crippen MR) is 135 cm³/mol. The molecule has 6 nitrogen and oxygen atoms in total. The molecule has 2 aromatic rings. The van der Waals surface area contributed by atoms with Crippen molar-refractivity contribution in [2.24, 2.45) is 4.99 Å². The molecule has 1 heterocycles. The maximum absolute atomic E-state index is 9.72. The van der Waals surface area contributed by atoms with E-state index >= 15 is 0 Å². The maximum atomic E-state index is 9.72. The zero-order valence-corrected chi connectivity index (χ0v) is 20.3. The number of aromatic hydroxyl groups is 1. The molecule has 1 aliphatic rings. The van der Waals surface area contributed by atoms with Crippen molar-refractivity contribution in [2.75, 3.05) is 38.2 Å². The number of ether oxygens (including phenoxy) is 1. The lowest BCUT2D eigenvalue weighted by molar-refractivity contribution is 0.373. The molecule has 3 N–H and O–H groups in total. The minimum Gasteiger partial charge on any atom is -0.504 e. The Labute approximate surface area is 196 Å². The molecule has 7 heteroatoms. The Morgan fingerprint density at radius 3 is 2.70 bits per heavy atom. The average Bonchev–Trinajstić information content (AvgIpc) is 3.18. The molecule has 0 aromatic heterocycles. The Morgan fingerprint density at radius 2 is 2.00 bits per heavy atom. The highest BCUT2D eigenvalue weighted by Crippen LogP contribution is 2.26. The lowest BCUT2D eigenvalue weighted by Crippen LogP contribution is -2.44. The number of hydrogen-bond acceptors (Lipinski definition) is 4. The zero-order valence-electron chi connectivity index (χ0n) is 18.0. The largest absolute Gasteiger partial charge is 0.504 e. The third-order valence-corrected chi connectivity index (χ3v) is 5.19. The molecular weight excluding hydrogens is 491 g/mol. The van der Waals surface area contributed by atoms with E-state index in [1.165, 1.54) is 11.3 Å². The normalized spacial score (nSPS) is 16.2. The van der Waals surface area contributed by atoms with Gasteiger partial charge in [-0.25, -0.2) is 0 Å². The van der Waals surface area contributed by atoms with Gasteiger partial charge in [0.1, 0.15) is 0 Å². The summed E-state index contributed by atoms with van der Waals surface area (Å²) in [6.07, 6.45) is 1.88. The summed E-state index contributed by atoms with van der Waals surface area (Å²) in [5.41, 5.74) is 3.66. The van der Waals surface area contributed by atoms with E-state index in [1.807, 2.05) is 12.1 Å². The van der Waals surface area contributed by atoms with E-state index in [9.17, 15) is 5.11 Å². The second-order valence-electron chi connectivity index (χ2n) is 7.43.